The zero-order valence-electron chi connectivity index (χ0n) is 31.7. The second kappa shape index (κ2) is 22.0. The fourth-order valence-electron chi connectivity index (χ4n) is 6.88. The molecule has 0 amide bonds. The van der Waals surface area contributed by atoms with Crippen LogP contribution in [0.25, 0.3) is 0 Å². The van der Waals surface area contributed by atoms with Crippen LogP contribution < -0.4 is 121 Å². The Labute approximate surface area is 409 Å². The van der Waals surface area contributed by atoms with Crippen LogP contribution in [0, 0.1) is 0 Å². The summed E-state index contributed by atoms with van der Waals surface area (Å²) in [6, 6.07) is 9.73. The van der Waals surface area contributed by atoms with Gasteiger partial charge in [-0.3, -0.25) is 5.04 Å². The second-order valence-corrected chi connectivity index (χ2v) is 18.1. The first-order valence-electron chi connectivity index (χ1n) is 16.4. The van der Waals surface area contributed by atoms with E-state index in [9.17, 15) is 44.2 Å². The minimum Gasteiger partial charge on any atom is -0.748 e. The van der Waals surface area contributed by atoms with Gasteiger partial charge in [0.05, 0.1) is 42.6 Å². The zero-order chi connectivity index (χ0) is 37.8. The van der Waals surface area contributed by atoms with E-state index in [0.717, 1.165) is 34.7 Å². The van der Waals surface area contributed by atoms with E-state index in [1.807, 2.05) is 56.0 Å². The molecule has 0 saturated heterocycles. The van der Waals surface area contributed by atoms with Crippen LogP contribution in [0.3, 0.4) is 0 Å². The fraction of sp³-hybridized carbons (Fsp3) is 0.485. The van der Waals surface area contributed by atoms with Crippen LogP contribution in [0.15, 0.2) is 70.1 Å². The Hall–Kier alpha value is 0.986. The van der Waals surface area contributed by atoms with Gasteiger partial charge in [-0.05, 0) is 87.9 Å². The van der Waals surface area contributed by atoms with Crippen molar-refractivity contribution in [2.75, 3.05) is 29.5 Å². The molecule has 2 aromatic carbocycles. The van der Waals surface area contributed by atoms with Gasteiger partial charge in [0, 0.05) is 63.9 Å². The van der Waals surface area contributed by atoms with Crippen molar-refractivity contribution in [1.82, 2.24) is 0 Å². The third kappa shape index (κ3) is 13.0. The molecule has 2 aromatic rings. The van der Waals surface area contributed by atoms with E-state index >= 15 is 0 Å². The van der Waals surface area contributed by atoms with Gasteiger partial charge in [0.2, 0.25) is 5.69 Å². The van der Waals surface area contributed by atoms with Gasteiger partial charge in [-0.15, -0.1) is 0 Å². The van der Waals surface area contributed by atoms with Crippen molar-refractivity contribution in [1.29, 1.82) is 0 Å². The van der Waals surface area contributed by atoms with Crippen molar-refractivity contribution >= 4 is 59.5 Å². The largest absolute Gasteiger partial charge is 1.00 e. The fourth-order valence-corrected chi connectivity index (χ4v) is 8.89. The molecule has 0 spiro atoms. The number of nitrogens with zero attached hydrogens (tertiary/aromatic N) is 2. The Bertz CT molecular complexity index is 2070. The van der Waals surface area contributed by atoms with Crippen molar-refractivity contribution in [3.05, 3.63) is 71.5 Å². The summed E-state index contributed by atoms with van der Waals surface area (Å²) in [6.45, 7) is 8.68. The summed E-state index contributed by atoms with van der Waals surface area (Å²) in [6.07, 6.45) is 7.91. The van der Waals surface area contributed by atoms with E-state index < -0.39 is 52.7 Å². The molecule has 2 unspecified atom stereocenters. The molecule has 2 atom stereocenters. The minimum atomic E-state index is -4.75. The van der Waals surface area contributed by atoms with Gasteiger partial charge in [0.1, 0.15) is 16.7 Å². The smallest absolute Gasteiger partial charge is 0.748 e. The topological polar surface area (TPSA) is 219 Å². The molecule has 4 rings (SSSR count). The molecule has 2 aliphatic heterocycles. The summed E-state index contributed by atoms with van der Waals surface area (Å²) in [5.74, 6) is -1.01. The van der Waals surface area contributed by atoms with Gasteiger partial charge in [-0.2, -0.15) is 8.91 Å². The minimum absolute atomic E-state index is 0. The van der Waals surface area contributed by atoms with Crippen molar-refractivity contribution in [3.8, 4) is 0 Å². The quantitative estimate of drug-likeness (QED) is 0.0261. The summed E-state index contributed by atoms with van der Waals surface area (Å²) in [7, 11) is -13.5. The van der Waals surface area contributed by atoms with Crippen LogP contribution in [0.5, 0.6) is 0 Å². The first-order valence-corrected chi connectivity index (χ1v) is 21.7. The molecule has 0 fully saturated rings. The summed E-state index contributed by atoms with van der Waals surface area (Å²) >= 11 is 0.762. The average Bonchev–Trinajstić information content (AvgIpc) is 3.43. The Morgan fingerprint density at radius 3 is 2.00 bits per heavy atom. The summed E-state index contributed by atoms with van der Waals surface area (Å²) in [5.41, 5.74) is 3.43. The van der Waals surface area contributed by atoms with E-state index in [-0.39, 0.29) is 128 Å². The second-order valence-electron chi connectivity index (χ2n) is 12.9. The average molecular weight is 871 g/mol. The van der Waals surface area contributed by atoms with Crippen LogP contribution in [0.4, 0.5) is 11.4 Å². The van der Waals surface area contributed by atoms with Crippen LogP contribution in [0.2, 0.25) is 0 Å². The van der Waals surface area contributed by atoms with Crippen LogP contribution in [0.1, 0.15) is 77.3 Å². The normalized spacial score (nSPS) is 20.4. The SMILES string of the molecule is CCC1(C)C(C=C/C=C2/N(CCCCS(=O)(=O)[O-])c3ccc(S(=O)(=O)[O-])cc3C2(C)CC)=[N+](CCCCS(=O)(=O)[O-])c2ccc(SOO[O-])cc21.[K+].[Na+].[Na+]. The van der Waals surface area contributed by atoms with E-state index in [1.165, 1.54) is 12.1 Å². The van der Waals surface area contributed by atoms with Gasteiger partial charge < -0.3 is 23.8 Å². The van der Waals surface area contributed by atoms with E-state index in [1.54, 1.807) is 12.1 Å². The van der Waals surface area contributed by atoms with Crippen molar-refractivity contribution in [2.45, 2.75) is 86.8 Å². The maximum Gasteiger partial charge on any atom is 1.00 e. The van der Waals surface area contributed by atoms with Crippen molar-refractivity contribution < 1.29 is 169 Å². The molecule has 0 N–H and O–H groups in total. The molecular weight excluding hydrogens is 830 g/mol. The number of allylic oxidation sites excluding steroid dienone is 4. The van der Waals surface area contributed by atoms with Crippen molar-refractivity contribution in [2.24, 2.45) is 0 Å². The molecule has 0 aliphatic carbocycles. The maximum absolute atomic E-state index is 12.0. The third-order valence-corrected chi connectivity index (χ3v) is 12.8. The molecule has 0 aromatic heterocycles. The molecule has 0 bridgehead atoms. The monoisotopic (exact) mass is 870 g/mol. The first kappa shape index (κ1) is 53.0. The van der Waals surface area contributed by atoms with Gasteiger partial charge in [0.25, 0.3) is 0 Å². The van der Waals surface area contributed by atoms with Crippen LogP contribution in [-0.2, 0) is 50.6 Å². The molecule has 2 aliphatic rings. The molecule has 0 saturated carbocycles. The van der Waals surface area contributed by atoms with Gasteiger partial charge >= 0.3 is 110 Å². The summed E-state index contributed by atoms with van der Waals surface area (Å²) < 4.78 is 110. The molecule has 21 heteroatoms. The molecule has 282 valence electrons. The van der Waals surface area contributed by atoms with Gasteiger partial charge in [-0.1, -0.05) is 19.9 Å². The Morgan fingerprint density at radius 2 is 1.44 bits per heavy atom. The molecule has 2 heterocycles. The number of hydrogen-bond donors (Lipinski definition) is 0. The molecule has 0 radical (unpaired) electrons. The summed E-state index contributed by atoms with van der Waals surface area (Å²) in [4.78, 5) is 2.21. The maximum atomic E-state index is 12.0. The van der Waals surface area contributed by atoms with Crippen LogP contribution >= 0.6 is 12.0 Å². The first-order chi connectivity index (χ1) is 23.8. The summed E-state index contributed by atoms with van der Waals surface area (Å²) in [5, 5.41) is 14.0. The number of hydrogen-bond acceptors (Lipinski definition) is 14. The van der Waals surface area contributed by atoms with Crippen LogP contribution in [-0.4, -0.2) is 73.8 Å². The number of benzene rings is 2. The Morgan fingerprint density at radius 1 is 0.833 bits per heavy atom. The van der Waals surface area contributed by atoms with Gasteiger partial charge in [-0.25, -0.2) is 25.3 Å². The number of fused-ring (bicyclic) bond motifs is 2. The van der Waals surface area contributed by atoms with Gasteiger partial charge in [0.15, 0.2) is 5.71 Å². The van der Waals surface area contributed by atoms with E-state index in [2.05, 4.69) is 20.9 Å². The standard InChI is InChI=1S/C33H44N2O12S4.K.2Na/c1-5-32(3)26-22-24(48-47-46-36)14-16-28(26)34(18-7-9-20-49(37,38)39)30(32)12-11-13-31-33(4,6-2)27-23-25(51(43,44)45)15-17-29(27)35(31)19-8-10-21-50(40,41)42;;;/h11-17,22-23H,5-10,18-21H2,1-4H3,(H3-,36,37,38,39,40,41,42,43,44,45);;;/q;3*+1/p-3. The molecule has 54 heavy (non-hydrogen) atoms. The number of unbranched alkanes of at least 4 members (excludes halogenated alkanes) is 2. The van der Waals surface area contributed by atoms with E-state index in [0.29, 0.717) is 54.9 Å². The zero-order valence-corrected chi connectivity index (χ0v) is 42.1. The Balaban J connectivity index is 0.00000486. The Kier molecular flexibility index (Phi) is 21.6. The molecule has 14 nitrogen and oxygen atoms in total. The van der Waals surface area contributed by atoms with Crippen molar-refractivity contribution in [3.63, 3.8) is 0 Å². The predicted octanol–water partition coefficient (Wildman–Crippen LogP) is -5.12. The molecular formula is C33H41KN2Na2O12S4. The van der Waals surface area contributed by atoms with E-state index in [4.69, 9.17) is 0 Å². The predicted molar refractivity (Wildman–Crippen MR) is 186 cm³/mol. The number of anilines is 1. The third-order valence-electron chi connectivity index (χ3n) is 9.84. The number of rotatable bonds is 18.